The zero-order chi connectivity index (χ0) is 27.6. The van der Waals surface area contributed by atoms with E-state index in [1.165, 1.54) is 71.2 Å². The number of nitrogens with zero attached hydrogens (tertiary/aromatic N) is 2. The lowest BCUT2D eigenvalue weighted by Gasteiger charge is -2.15. The van der Waals surface area contributed by atoms with Crippen molar-refractivity contribution < 1.29 is 0 Å². The molecule has 0 aliphatic rings. The molecule has 9 rings (SSSR count). The van der Waals surface area contributed by atoms with Gasteiger partial charge >= 0.3 is 0 Å². The molecular formula is C40H26N2. The van der Waals surface area contributed by atoms with Crippen LogP contribution in [0.5, 0.6) is 0 Å². The van der Waals surface area contributed by atoms with Gasteiger partial charge in [0.2, 0.25) is 0 Å². The Morgan fingerprint density at radius 2 is 0.976 bits per heavy atom. The summed E-state index contributed by atoms with van der Waals surface area (Å²) < 4.78 is 4.91. The third-order valence-electron chi connectivity index (χ3n) is 8.63. The molecular weight excluding hydrogens is 508 g/mol. The molecule has 0 aliphatic carbocycles. The summed E-state index contributed by atoms with van der Waals surface area (Å²) in [6.07, 6.45) is 0. The fourth-order valence-electron chi connectivity index (χ4n) is 6.74. The van der Waals surface area contributed by atoms with Crippen LogP contribution >= 0.6 is 0 Å². The molecule has 0 unspecified atom stereocenters. The van der Waals surface area contributed by atoms with Crippen LogP contribution in [0, 0.1) is 0 Å². The molecule has 0 aliphatic heterocycles. The van der Waals surface area contributed by atoms with Gasteiger partial charge in [-0.15, -0.1) is 0 Å². The maximum atomic E-state index is 2.47. The lowest BCUT2D eigenvalue weighted by Crippen LogP contribution is -2.00. The Labute approximate surface area is 243 Å². The molecule has 0 N–H and O–H groups in total. The molecule has 9 aromatic rings. The van der Waals surface area contributed by atoms with Gasteiger partial charge in [0.1, 0.15) is 0 Å². The van der Waals surface area contributed by atoms with E-state index in [0.29, 0.717) is 0 Å². The van der Waals surface area contributed by atoms with Crippen molar-refractivity contribution in [2.24, 2.45) is 0 Å². The summed E-state index contributed by atoms with van der Waals surface area (Å²) in [4.78, 5) is 0. The van der Waals surface area contributed by atoms with Gasteiger partial charge in [-0.2, -0.15) is 0 Å². The van der Waals surface area contributed by atoms with Gasteiger partial charge in [0.05, 0.1) is 22.2 Å². The first-order chi connectivity index (χ1) is 20.8. The van der Waals surface area contributed by atoms with Crippen molar-refractivity contribution >= 4 is 54.3 Å². The number of hydrogen-bond donors (Lipinski definition) is 0. The molecule has 2 nitrogen and oxygen atoms in total. The zero-order valence-electron chi connectivity index (χ0n) is 22.9. The molecule has 42 heavy (non-hydrogen) atoms. The van der Waals surface area contributed by atoms with Gasteiger partial charge in [-0.25, -0.2) is 0 Å². The van der Waals surface area contributed by atoms with Gasteiger partial charge in [0.15, 0.2) is 0 Å². The highest BCUT2D eigenvalue weighted by atomic mass is 15.0. The second kappa shape index (κ2) is 8.95. The van der Waals surface area contributed by atoms with E-state index < -0.39 is 0 Å². The van der Waals surface area contributed by atoms with E-state index >= 15 is 0 Å². The van der Waals surface area contributed by atoms with Crippen LogP contribution in [-0.4, -0.2) is 9.13 Å². The minimum absolute atomic E-state index is 1.15. The van der Waals surface area contributed by atoms with Crippen molar-refractivity contribution in [3.63, 3.8) is 0 Å². The first kappa shape index (κ1) is 23.1. The van der Waals surface area contributed by atoms with Crippen LogP contribution in [0.1, 0.15) is 0 Å². The molecule has 2 heterocycles. The number of aromatic nitrogens is 2. The van der Waals surface area contributed by atoms with Crippen molar-refractivity contribution in [3.8, 4) is 22.6 Å². The van der Waals surface area contributed by atoms with E-state index in [9.17, 15) is 0 Å². The van der Waals surface area contributed by atoms with Crippen molar-refractivity contribution in [1.82, 2.24) is 9.13 Å². The number of hydrogen-bond acceptors (Lipinski definition) is 0. The first-order valence-electron chi connectivity index (χ1n) is 14.4. The highest BCUT2D eigenvalue weighted by Crippen LogP contribution is 2.41. The average Bonchev–Trinajstić information content (AvgIpc) is 3.61. The summed E-state index contributed by atoms with van der Waals surface area (Å²) in [5, 5.41) is 8.76. The smallest absolute Gasteiger partial charge is 0.0788 e. The molecule has 0 amide bonds. The molecule has 0 radical (unpaired) electrons. The van der Waals surface area contributed by atoms with Crippen molar-refractivity contribution in [3.05, 3.63) is 158 Å². The van der Waals surface area contributed by atoms with E-state index in [0.717, 1.165) is 5.69 Å². The van der Waals surface area contributed by atoms with Crippen LogP contribution in [0.25, 0.3) is 76.9 Å². The minimum Gasteiger partial charge on any atom is -0.307 e. The second-order valence-corrected chi connectivity index (χ2v) is 11.0. The van der Waals surface area contributed by atoms with Gasteiger partial charge in [-0.3, -0.25) is 0 Å². The van der Waals surface area contributed by atoms with E-state index in [1.54, 1.807) is 0 Å². The topological polar surface area (TPSA) is 9.86 Å². The zero-order valence-corrected chi connectivity index (χ0v) is 22.9. The minimum atomic E-state index is 1.15. The summed E-state index contributed by atoms with van der Waals surface area (Å²) >= 11 is 0. The third-order valence-corrected chi connectivity index (χ3v) is 8.63. The van der Waals surface area contributed by atoms with E-state index in [1.807, 2.05) is 0 Å². The Bertz CT molecular complexity index is 2440. The van der Waals surface area contributed by atoms with Crippen LogP contribution in [0.3, 0.4) is 0 Å². The average molecular weight is 535 g/mol. The molecule has 2 aromatic heterocycles. The van der Waals surface area contributed by atoms with Crippen molar-refractivity contribution in [2.45, 2.75) is 0 Å². The Kier molecular flexibility index (Phi) is 4.93. The SMILES string of the molecule is c1ccc(-c2cc3ccc4c5ccccc5n(-c5ccc6cc7ccccc7cc6c5)c4c3n2-c2ccccc2)cc1. The highest BCUT2D eigenvalue weighted by molar-refractivity contribution is 6.19. The number of para-hydroxylation sites is 2. The molecule has 0 saturated heterocycles. The number of rotatable bonds is 3. The lowest BCUT2D eigenvalue weighted by molar-refractivity contribution is 1.12. The van der Waals surface area contributed by atoms with Gasteiger partial charge < -0.3 is 9.13 Å². The summed E-state index contributed by atoms with van der Waals surface area (Å²) in [7, 11) is 0. The van der Waals surface area contributed by atoms with E-state index in [4.69, 9.17) is 0 Å². The van der Waals surface area contributed by atoms with E-state index in [-0.39, 0.29) is 0 Å². The molecule has 0 spiro atoms. The first-order valence-corrected chi connectivity index (χ1v) is 14.4. The molecule has 0 fully saturated rings. The summed E-state index contributed by atoms with van der Waals surface area (Å²) in [5.41, 5.74) is 8.35. The van der Waals surface area contributed by atoms with Crippen molar-refractivity contribution in [2.75, 3.05) is 0 Å². The van der Waals surface area contributed by atoms with Gasteiger partial charge in [-0.05, 0) is 75.6 Å². The van der Waals surface area contributed by atoms with Crippen LogP contribution in [0.15, 0.2) is 158 Å². The van der Waals surface area contributed by atoms with Crippen LogP contribution in [0.4, 0.5) is 0 Å². The summed E-state index contributed by atoms with van der Waals surface area (Å²) in [5.74, 6) is 0. The second-order valence-electron chi connectivity index (χ2n) is 11.0. The van der Waals surface area contributed by atoms with Gasteiger partial charge in [-0.1, -0.05) is 109 Å². The molecule has 2 heteroatoms. The van der Waals surface area contributed by atoms with Crippen molar-refractivity contribution in [1.29, 1.82) is 0 Å². The normalized spacial score (nSPS) is 11.8. The lowest BCUT2D eigenvalue weighted by atomic mass is 10.0. The monoisotopic (exact) mass is 534 g/mol. The van der Waals surface area contributed by atoms with Gasteiger partial charge in [0.25, 0.3) is 0 Å². The maximum Gasteiger partial charge on any atom is 0.0788 e. The predicted molar refractivity (Wildman–Crippen MR) is 178 cm³/mol. The van der Waals surface area contributed by atoms with Crippen LogP contribution < -0.4 is 0 Å². The number of fused-ring (bicyclic) bond motifs is 7. The Morgan fingerprint density at radius 3 is 1.79 bits per heavy atom. The summed E-state index contributed by atoms with van der Waals surface area (Å²) in [6, 6.07) is 57.3. The number of benzene rings is 7. The quantitative estimate of drug-likeness (QED) is 0.200. The molecule has 0 atom stereocenters. The van der Waals surface area contributed by atoms with Gasteiger partial charge in [0, 0.05) is 27.5 Å². The molecule has 0 bridgehead atoms. The Hall–Kier alpha value is -5.60. The predicted octanol–water partition coefficient (Wildman–Crippen LogP) is 10.7. The maximum absolute atomic E-state index is 2.47. The highest BCUT2D eigenvalue weighted by Gasteiger charge is 2.21. The van der Waals surface area contributed by atoms with Crippen LogP contribution in [0.2, 0.25) is 0 Å². The largest absolute Gasteiger partial charge is 0.307 e. The Morgan fingerprint density at radius 1 is 0.333 bits per heavy atom. The molecule has 196 valence electrons. The third kappa shape index (κ3) is 3.39. The Balaban J connectivity index is 1.44. The molecule has 0 saturated carbocycles. The molecule has 7 aromatic carbocycles. The standard InChI is InChI=1S/C40H26N2/c1-3-11-27(12-4-1)38-26-31-20-22-36-35-17-9-10-18-37(35)42(40(36)39(31)41(38)33-15-5-2-6-16-33)34-21-19-30-23-28-13-7-8-14-29(28)24-32(30)25-34/h1-26H. The fraction of sp³-hybridized carbons (Fsp3) is 0. The fourth-order valence-corrected chi connectivity index (χ4v) is 6.74. The van der Waals surface area contributed by atoms with Crippen LogP contribution in [-0.2, 0) is 0 Å². The van der Waals surface area contributed by atoms with E-state index in [2.05, 4.69) is 167 Å². The summed E-state index contributed by atoms with van der Waals surface area (Å²) in [6.45, 7) is 0.